The number of hydrogen-bond acceptors (Lipinski definition) is 4. The molecule has 0 radical (unpaired) electrons. The van der Waals surface area contributed by atoms with Gasteiger partial charge in [-0.25, -0.2) is 0 Å². The lowest BCUT2D eigenvalue weighted by molar-refractivity contribution is 0.179. The van der Waals surface area contributed by atoms with Crippen molar-refractivity contribution in [1.82, 2.24) is 10.7 Å². The molecule has 0 aliphatic heterocycles. The molecule has 0 unspecified atom stereocenters. The number of nitrogens with zero attached hydrogens (tertiary/aromatic N) is 1. The number of rotatable bonds is 8. The van der Waals surface area contributed by atoms with E-state index >= 15 is 0 Å². The maximum atomic E-state index is 5.81. The number of hydrogen-bond donors (Lipinski definition) is 2. The van der Waals surface area contributed by atoms with Crippen LogP contribution in [0.1, 0.15) is 18.1 Å². The van der Waals surface area contributed by atoms with Gasteiger partial charge in [0.25, 0.3) is 0 Å². The van der Waals surface area contributed by atoms with Crippen LogP contribution in [0.15, 0.2) is 59.7 Å². The van der Waals surface area contributed by atoms with Crippen LogP contribution in [0.5, 0.6) is 5.75 Å². The van der Waals surface area contributed by atoms with Crippen molar-refractivity contribution in [2.24, 2.45) is 5.10 Å². The third-order valence-electron chi connectivity index (χ3n) is 3.28. The predicted molar refractivity (Wildman–Crippen MR) is 105 cm³/mol. The largest absolute Gasteiger partial charge is 0.489 e. The highest BCUT2D eigenvalue weighted by atomic mass is 32.1. The van der Waals surface area contributed by atoms with Crippen LogP contribution in [0.25, 0.3) is 0 Å². The SMILES string of the molecule is COC[C@H](C)NC(=S)N/N=C\c1cccc(OCc2ccccc2)c1. The van der Waals surface area contributed by atoms with Gasteiger partial charge < -0.3 is 14.8 Å². The highest BCUT2D eigenvalue weighted by molar-refractivity contribution is 7.80. The summed E-state index contributed by atoms with van der Waals surface area (Å²) < 4.78 is 10.8. The third kappa shape index (κ3) is 7.32. The smallest absolute Gasteiger partial charge is 0.187 e. The molecule has 0 amide bonds. The first-order chi connectivity index (χ1) is 12.2. The van der Waals surface area contributed by atoms with Gasteiger partial charge in [0, 0.05) is 13.2 Å². The molecule has 0 aliphatic rings. The van der Waals surface area contributed by atoms with Gasteiger partial charge in [0.2, 0.25) is 0 Å². The Morgan fingerprint density at radius 1 is 1.20 bits per heavy atom. The van der Waals surface area contributed by atoms with Crippen LogP contribution < -0.4 is 15.5 Å². The van der Waals surface area contributed by atoms with E-state index in [9.17, 15) is 0 Å². The van der Waals surface area contributed by atoms with Crippen molar-refractivity contribution in [3.05, 3.63) is 65.7 Å². The minimum absolute atomic E-state index is 0.120. The summed E-state index contributed by atoms with van der Waals surface area (Å²) in [5.41, 5.74) is 4.84. The first-order valence-electron chi connectivity index (χ1n) is 8.02. The number of thiocarbonyl (C=S) groups is 1. The molecule has 0 fully saturated rings. The number of nitrogens with one attached hydrogen (secondary N) is 2. The van der Waals surface area contributed by atoms with Crippen molar-refractivity contribution < 1.29 is 9.47 Å². The summed E-state index contributed by atoms with van der Waals surface area (Å²) in [7, 11) is 1.65. The van der Waals surface area contributed by atoms with E-state index in [0.717, 1.165) is 16.9 Å². The molecule has 2 aromatic carbocycles. The number of hydrazone groups is 1. The summed E-state index contributed by atoms with van der Waals surface area (Å²) in [5, 5.41) is 7.67. The van der Waals surface area contributed by atoms with E-state index in [1.54, 1.807) is 13.3 Å². The molecule has 0 saturated heterocycles. The molecule has 6 heteroatoms. The minimum atomic E-state index is 0.120. The average molecular weight is 357 g/mol. The van der Waals surface area contributed by atoms with Crippen LogP contribution >= 0.6 is 12.2 Å². The third-order valence-corrected chi connectivity index (χ3v) is 3.49. The van der Waals surface area contributed by atoms with Crippen LogP contribution in [-0.4, -0.2) is 31.1 Å². The number of benzene rings is 2. The molecule has 0 aliphatic carbocycles. The number of methoxy groups -OCH3 is 1. The summed E-state index contributed by atoms with van der Waals surface area (Å²) in [5.74, 6) is 0.794. The standard InChI is InChI=1S/C19H23N3O2S/c1-15(13-23-2)21-19(25)22-20-12-17-9-6-10-18(11-17)24-14-16-7-4-3-5-8-16/h3-12,15H,13-14H2,1-2H3,(H2,21,22,25)/b20-12-/t15-/m0/s1. The Balaban J connectivity index is 1.83. The van der Waals surface area contributed by atoms with Crippen molar-refractivity contribution in [3.8, 4) is 5.75 Å². The molecule has 2 aromatic rings. The van der Waals surface area contributed by atoms with Gasteiger partial charge in [-0.05, 0) is 42.4 Å². The Bertz CT molecular complexity index is 692. The van der Waals surface area contributed by atoms with E-state index in [0.29, 0.717) is 18.3 Å². The Kier molecular flexibility index (Phi) is 7.88. The molecule has 0 aromatic heterocycles. The van der Waals surface area contributed by atoms with Gasteiger partial charge >= 0.3 is 0 Å². The molecule has 0 bridgehead atoms. The zero-order valence-electron chi connectivity index (χ0n) is 14.4. The predicted octanol–water partition coefficient (Wildman–Crippen LogP) is 3.10. The fourth-order valence-corrected chi connectivity index (χ4v) is 2.39. The monoisotopic (exact) mass is 357 g/mol. The van der Waals surface area contributed by atoms with Gasteiger partial charge in [-0.15, -0.1) is 0 Å². The molecule has 1 atom stereocenters. The Morgan fingerprint density at radius 2 is 2.00 bits per heavy atom. The highest BCUT2D eigenvalue weighted by Gasteiger charge is 2.02. The van der Waals surface area contributed by atoms with Crippen molar-refractivity contribution in [1.29, 1.82) is 0 Å². The van der Waals surface area contributed by atoms with Crippen molar-refractivity contribution in [2.75, 3.05) is 13.7 Å². The maximum Gasteiger partial charge on any atom is 0.187 e. The lowest BCUT2D eigenvalue weighted by Crippen LogP contribution is -2.40. The highest BCUT2D eigenvalue weighted by Crippen LogP contribution is 2.14. The van der Waals surface area contributed by atoms with E-state index in [1.807, 2.05) is 61.5 Å². The van der Waals surface area contributed by atoms with E-state index in [4.69, 9.17) is 21.7 Å². The summed E-state index contributed by atoms with van der Waals surface area (Å²) in [4.78, 5) is 0. The summed E-state index contributed by atoms with van der Waals surface area (Å²) in [6.07, 6.45) is 1.70. The molecule has 2 N–H and O–H groups in total. The maximum absolute atomic E-state index is 5.81. The summed E-state index contributed by atoms with van der Waals surface area (Å²) in [6.45, 7) is 3.09. The second kappa shape index (κ2) is 10.4. The normalized spacial score (nSPS) is 11.9. The van der Waals surface area contributed by atoms with E-state index in [2.05, 4.69) is 15.8 Å². The molecule has 5 nitrogen and oxygen atoms in total. The molecule has 25 heavy (non-hydrogen) atoms. The van der Waals surface area contributed by atoms with Crippen molar-refractivity contribution in [3.63, 3.8) is 0 Å². The van der Waals surface area contributed by atoms with Gasteiger partial charge in [-0.1, -0.05) is 42.5 Å². The first-order valence-corrected chi connectivity index (χ1v) is 8.43. The first kappa shape index (κ1) is 18.9. The van der Waals surface area contributed by atoms with E-state index < -0.39 is 0 Å². The van der Waals surface area contributed by atoms with Gasteiger partial charge in [0.1, 0.15) is 12.4 Å². The lowest BCUT2D eigenvalue weighted by atomic mass is 10.2. The second-order valence-electron chi connectivity index (χ2n) is 5.55. The van der Waals surface area contributed by atoms with Crippen LogP contribution in [0, 0.1) is 0 Å². The van der Waals surface area contributed by atoms with Crippen LogP contribution in [0.4, 0.5) is 0 Å². The van der Waals surface area contributed by atoms with Crippen molar-refractivity contribution in [2.45, 2.75) is 19.6 Å². The Labute approximate surface area is 154 Å². The fraction of sp³-hybridized carbons (Fsp3) is 0.263. The van der Waals surface area contributed by atoms with Crippen molar-refractivity contribution >= 4 is 23.5 Å². The fourth-order valence-electron chi connectivity index (χ4n) is 2.14. The number of ether oxygens (including phenoxy) is 2. The summed E-state index contributed by atoms with van der Waals surface area (Å²) in [6, 6.07) is 17.9. The molecule has 0 heterocycles. The molecule has 0 spiro atoms. The minimum Gasteiger partial charge on any atom is -0.489 e. The quantitative estimate of drug-likeness (QED) is 0.432. The van der Waals surface area contributed by atoms with Crippen LogP contribution in [0.2, 0.25) is 0 Å². The molecule has 2 rings (SSSR count). The molecule has 132 valence electrons. The topological polar surface area (TPSA) is 54.9 Å². The Morgan fingerprint density at radius 3 is 2.76 bits per heavy atom. The second-order valence-corrected chi connectivity index (χ2v) is 5.95. The molecular weight excluding hydrogens is 334 g/mol. The van der Waals surface area contributed by atoms with Crippen LogP contribution in [-0.2, 0) is 11.3 Å². The van der Waals surface area contributed by atoms with Gasteiger partial charge in [-0.3, -0.25) is 5.43 Å². The summed E-state index contributed by atoms with van der Waals surface area (Å²) >= 11 is 5.17. The molecule has 0 saturated carbocycles. The van der Waals surface area contributed by atoms with E-state index in [-0.39, 0.29) is 6.04 Å². The zero-order valence-corrected chi connectivity index (χ0v) is 15.3. The Hall–Kier alpha value is -2.44. The van der Waals surface area contributed by atoms with Gasteiger partial charge in [-0.2, -0.15) is 5.10 Å². The average Bonchev–Trinajstić information content (AvgIpc) is 2.61. The van der Waals surface area contributed by atoms with E-state index in [1.165, 1.54) is 0 Å². The zero-order chi connectivity index (χ0) is 17.9. The van der Waals surface area contributed by atoms with Gasteiger partial charge in [0.05, 0.1) is 12.8 Å². The lowest BCUT2D eigenvalue weighted by Gasteiger charge is -2.13. The van der Waals surface area contributed by atoms with Crippen LogP contribution in [0.3, 0.4) is 0 Å². The molecular formula is C19H23N3O2S. The van der Waals surface area contributed by atoms with Gasteiger partial charge in [0.15, 0.2) is 5.11 Å².